The van der Waals surface area contributed by atoms with E-state index in [4.69, 9.17) is 4.74 Å². The van der Waals surface area contributed by atoms with E-state index in [1.54, 1.807) is 19.1 Å². The van der Waals surface area contributed by atoms with E-state index in [-0.39, 0.29) is 12.0 Å². The van der Waals surface area contributed by atoms with Crippen molar-refractivity contribution < 1.29 is 14.3 Å². The van der Waals surface area contributed by atoms with Crippen molar-refractivity contribution in [3.05, 3.63) is 59.7 Å². The number of nitrogens with one attached hydrogen (secondary N) is 1. The van der Waals surface area contributed by atoms with Crippen molar-refractivity contribution in [2.75, 3.05) is 43.0 Å². The van der Waals surface area contributed by atoms with Crippen LogP contribution in [0, 0.1) is 6.92 Å². The Morgan fingerprint density at radius 1 is 1.04 bits per heavy atom. The molecule has 2 aromatic carbocycles. The quantitative estimate of drug-likeness (QED) is 0.840. The van der Waals surface area contributed by atoms with Gasteiger partial charge in [-0.1, -0.05) is 12.1 Å². The molecular formula is C21H25N3O3. The molecule has 0 saturated carbocycles. The Labute approximate surface area is 159 Å². The SMILES string of the molecule is CCOC(=O)c1ccc(N2CCN(C(=O)Nc3cccc(C)c3)CC2)cc1. The molecule has 0 bridgehead atoms. The summed E-state index contributed by atoms with van der Waals surface area (Å²) in [6.07, 6.45) is 0. The van der Waals surface area contributed by atoms with Crippen LogP contribution >= 0.6 is 0 Å². The molecular weight excluding hydrogens is 342 g/mol. The summed E-state index contributed by atoms with van der Waals surface area (Å²) in [4.78, 5) is 28.2. The summed E-state index contributed by atoms with van der Waals surface area (Å²) in [7, 11) is 0. The number of hydrogen-bond donors (Lipinski definition) is 1. The van der Waals surface area contributed by atoms with E-state index >= 15 is 0 Å². The van der Waals surface area contributed by atoms with E-state index < -0.39 is 0 Å². The average molecular weight is 367 g/mol. The van der Waals surface area contributed by atoms with Gasteiger partial charge < -0.3 is 19.9 Å². The summed E-state index contributed by atoms with van der Waals surface area (Å²) in [5, 5.41) is 2.96. The van der Waals surface area contributed by atoms with Gasteiger partial charge in [0.1, 0.15) is 0 Å². The van der Waals surface area contributed by atoms with E-state index in [9.17, 15) is 9.59 Å². The molecule has 6 nitrogen and oxygen atoms in total. The number of urea groups is 1. The molecule has 142 valence electrons. The standard InChI is InChI=1S/C21H25N3O3/c1-3-27-20(25)17-7-9-19(10-8-17)23-11-13-24(14-12-23)21(26)22-18-6-4-5-16(2)15-18/h4-10,15H,3,11-14H2,1-2H3,(H,22,26). The van der Waals surface area contributed by atoms with Crippen LogP contribution < -0.4 is 10.2 Å². The lowest BCUT2D eigenvalue weighted by Gasteiger charge is -2.36. The van der Waals surface area contributed by atoms with Crippen LogP contribution in [0.3, 0.4) is 0 Å². The van der Waals surface area contributed by atoms with Gasteiger partial charge in [-0.25, -0.2) is 9.59 Å². The zero-order valence-corrected chi connectivity index (χ0v) is 15.8. The third kappa shape index (κ3) is 4.78. The number of rotatable bonds is 4. The fourth-order valence-corrected chi connectivity index (χ4v) is 3.12. The van der Waals surface area contributed by atoms with Gasteiger partial charge >= 0.3 is 12.0 Å². The Bertz CT molecular complexity index is 797. The van der Waals surface area contributed by atoms with Crippen LogP contribution in [0.15, 0.2) is 48.5 Å². The monoisotopic (exact) mass is 367 g/mol. The minimum absolute atomic E-state index is 0.0714. The van der Waals surface area contributed by atoms with Crippen molar-refractivity contribution in [3.8, 4) is 0 Å². The molecule has 3 rings (SSSR count). The van der Waals surface area contributed by atoms with E-state index in [0.29, 0.717) is 25.3 Å². The Hall–Kier alpha value is -3.02. The zero-order chi connectivity index (χ0) is 19.2. The summed E-state index contributed by atoms with van der Waals surface area (Å²) in [5.41, 5.74) is 3.53. The number of esters is 1. The first-order chi connectivity index (χ1) is 13.1. The molecule has 1 aliphatic rings. The molecule has 0 aliphatic carbocycles. The maximum Gasteiger partial charge on any atom is 0.338 e. The van der Waals surface area contributed by atoms with Crippen molar-refractivity contribution in [1.29, 1.82) is 0 Å². The summed E-state index contributed by atoms with van der Waals surface area (Å²) in [5.74, 6) is -0.304. The van der Waals surface area contributed by atoms with Crippen LogP contribution in [0.1, 0.15) is 22.8 Å². The number of nitrogens with zero attached hydrogens (tertiary/aromatic N) is 2. The Balaban J connectivity index is 1.54. The number of anilines is 2. The molecule has 0 atom stereocenters. The number of carbonyl (C=O) groups is 2. The molecule has 1 N–H and O–H groups in total. The molecule has 0 radical (unpaired) electrons. The number of aryl methyl sites for hydroxylation is 1. The van der Waals surface area contributed by atoms with E-state index in [1.165, 1.54) is 0 Å². The van der Waals surface area contributed by atoms with Crippen LogP contribution in [0.5, 0.6) is 0 Å². The number of piperazine rings is 1. The summed E-state index contributed by atoms with van der Waals surface area (Å²) < 4.78 is 5.01. The minimum Gasteiger partial charge on any atom is -0.462 e. The van der Waals surface area contributed by atoms with Gasteiger partial charge in [0.2, 0.25) is 0 Å². The smallest absolute Gasteiger partial charge is 0.338 e. The van der Waals surface area contributed by atoms with Crippen LogP contribution in [0.4, 0.5) is 16.2 Å². The van der Waals surface area contributed by atoms with Gasteiger partial charge in [0, 0.05) is 37.6 Å². The highest BCUT2D eigenvalue weighted by molar-refractivity contribution is 5.90. The molecule has 0 unspecified atom stereocenters. The van der Waals surface area contributed by atoms with Crippen LogP contribution in [-0.4, -0.2) is 49.7 Å². The molecule has 2 amide bonds. The van der Waals surface area contributed by atoms with Crippen LogP contribution in [0.25, 0.3) is 0 Å². The van der Waals surface area contributed by atoms with Gasteiger partial charge in [0.25, 0.3) is 0 Å². The normalized spacial score (nSPS) is 14.0. The van der Waals surface area contributed by atoms with Crippen molar-refractivity contribution in [2.45, 2.75) is 13.8 Å². The average Bonchev–Trinajstić information content (AvgIpc) is 2.68. The van der Waals surface area contributed by atoms with E-state index in [0.717, 1.165) is 30.0 Å². The maximum absolute atomic E-state index is 12.4. The molecule has 0 aromatic heterocycles. The number of hydrogen-bond acceptors (Lipinski definition) is 4. The van der Waals surface area contributed by atoms with E-state index in [2.05, 4.69) is 10.2 Å². The lowest BCUT2D eigenvalue weighted by Crippen LogP contribution is -2.50. The molecule has 6 heteroatoms. The van der Waals surface area contributed by atoms with Gasteiger partial charge in [0.05, 0.1) is 12.2 Å². The van der Waals surface area contributed by atoms with Crippen molar-refractivity contribution in [3.63, 3.8) is 0 Å². The van der Waals surface area contributed by atoms with Crippen LogP contribution in [0.2, 0.25) is 0 Å². The summed E-state index contributed by atoms with van der Waals surface area (Å²) in [6, 6.07) is 15.1. The van der Waals surface area contributed by atoms with Crippen molar-refractivity contribution in [1.82, 2.24) is 4.90 Å². The largest absolute Gasteiger partial charge is 0.462 e. The predicted octanol–water partition coefficient (Wildman–Crippen LogP) is 3.53. The summed E-state index contributed by atoms with van der Waals surface area (Å²) >= 11 is 0. The molecule has 1 heterocycles. The second-order valence-corrected chi connectivity index (χ2v) is 6.54. The third-order valence-corrected chi connectivity index (χ3v) is 4.58. The molecule has 27 heavy (non-hydrogen) atoms. The third-order valence-electron chi connectivity index (χ3n) is 4.58. The Morgan fingerprint density at radius 3 is 2.37 bits per heavy atom. The van der Waals surface area contributed by atoms with Gasteiger partial charge in [0.15, 0.2) is 0 Å². The Morgan fingerprint density at radius 2 is 1.74 bits per heavy atom. The number of carbonyl (C=O) groups excluding carboxylic acids is 2. The van der Waals surface area contributed by atoms with Gasteiger partial charge in [-0.15, -0.1) is 0 Å². The lowest BCUT2D eigenvalue weighted by molar-refractivity contribution is 0.0526. The maximum atomic E-state index is 12.4. The fourth-order valence-electron chi connectivity index (χ4n) is 3.12. The zero-order valence-electron chi connectivity index (χ0n) is 15.8. The van der Waals surface area contributed by atoms with Crippen LogP contribution in [-0.2, 0) is 4.74 Å². The lowest BCUT2D eigenvalue weighted by atomic mass is 10.2. The highest BCUT2D eigenvalue weighted by Crippen LogP contribution is 2.18. The molecule has 1 saturated heterocycles. The second-order valence-electron chi connectivity index (χ2n) is 6.54. The molecule has 1 fully saturated rings. The van der Waals surface area contributed by atoms with E-state index in [1.807, 2.05) is 48.2 Å². The molecule has 2 aromatic rings. The number of ether oxygens (including phenoxy) is 1. The van der Waals surface area contributed by atoms with Crippen molar-refractivity contribution in [2.24, 2.45) is 0 Å². The second kappa shape index (κ2) is 8.58. The molecule has 0 spiro atoms. The number of amides is 2. The first-order valence-corrected chi connectivity index (χ1v) is 9.21. The Kier molecular flexibility index (Phi) is 5.96. The molecule has 1 aliphatic heterocycles. The highest BCUT2D eigenvalue weighted by atomic mass is 16.5. The van der Waals surface area contributed by atoms with Crippen molar-refractivity contribution >= 4 is 23.4 Å². The predicted molar refractivity (Wildman–Crippen MR) is 106 cm³/mol. The topological polar surface area (TPSA) is 61.9 Å². The first kappa shape index (κ1) is 18.8. The minimum atomic E-state index is -0.304. The van der Waals surface area contributed by atoms with Gasteiger partial charge in [-0.2, -0.15) is 0 Å². The van der Waals surface area contributed by atoms with Gasteiger partial charge in [-0.05, 0) is 55.8 Å². The highest BCUT2D eigenvalue weighted by Gasteiger charge is 2.21. The first-order valence-electron chi connectivity index (χ1n) is 9.21. The van der Waals surface area contributed by atoms with Gasteiger partial charge in [-0.3, -0.25) is 0 Å². The fraction of sp³-hybridized carbons (Fsp3) is 0.333. The summed E-state index contributed by atoms with van der Waals surface area (Å²) in [6.45, 7) is 6.96. The number of benzene rings is 2.